The predicted octanol–water partition coefficient (Wildman–Crippen LogP) is 2.94. The summed E-state index contributed by atoms with van der Waals surface area (Å²) >= 11 is 0. The van der Waals surface area contributed by atoms with E-state index >= 15 is 0 Å². The minimum absolute atomic E-state index is 0.161. The van der Waals surface area contributed by atoms with Gasteiger partial charge in [0.15, 0.2) is 0 Å². The molecule has 3 rings (SSSR count). The first-order chi connectivity index (χ1) is 11.1. The van der Waals surface area contributed by atoms with Gasteiger partial charge in [0.1, 0.15) is 11.1 Å². The standard InChI is InChI=1S/C18H14N2O3/c1-12(21)19-17(22)15-11-13-7-5-6-10-16(13)23-18(15)20-14-8-3-2-4-9-14/h2-11H,1H3,(H,19,21,22). The van der Waals surface area contributed by atoms with Crippen LogP contribution in [0.1, 0.15) is 17.3 Å². The second-order valence-corrected chi connectivity index (χ2v) is 4.96. The van der Waals surface area contributed by atoms with Gasteiger partial charge in [-0.15, -0.1) is 0 Å². The molecule has 0 radical (unpaired) electrons. The number of amides is 2. The number of rotatable bonds is 2. The smallest absolute Gasteiger partial charge is 0.263 e. The highest BCUT2D eigenvalue weighted by molar-refractivity contribution is 6.05. The second-order valence-electron chi connectivity index (χ2n) is 4.96. The number of fused-ring (bicyclic) bond motifs is 1. The van der Waals surface area contributed by atoms with Gasteiger partial charge in [-0.2, -0.15) is 0 Å². The average molecular weight is 306 g/mol. The number of hydrogen-bond acceptors (Lipinski definition) is 4. The van der Waals surface area contributed by atoms with Crippen LogP contribution in [0.5, 0.6) is 0 Å². The van der Waals surface area contributed by atoms with E-state index in [1.165, 1.54) is 6.92 Å². The van der Waals surface area contributed by atoms with Crippen molar-refractivity contribution in [1.82, 2.24) is 5.32 Å². The van der Waals surface area contributed by atoms with Crippen LogP contribution in [0.2, 0.25) is 0 Å². The normalized spacial score (nSPS) is 11.4. The van der Waals surface area contributed by atoms with Crippen LogP contribution in [0.25, 0.3) is 11.0 Å². The quantitative estimate of drug-likeness (QED) is 0.791. The maximum absolute atomic E-state index is 12.3. The first-order valence-corrected chi connectivity index (χ1v) is 7.08. The Kier molecular flexibility index (Phi) is 4.01. The minimum Gasteiger partial charge on any atom is -0.438 e. The highest BCUT2D eigenvalue weighted by atomic mass is 16.3. The van der Waals surface area contributed by atoms with Crippen molar-refractivity contribution in [3.63, 3.8) is 0 Å². The fourth-order valence-electron chi connectivity index (χ4n) is 2.16. The van der Waals surface area contributed by atoms with Crippen LogP contribution < -0.4 is 10.9 Å². The Morgan fingerprint density at radius 1 is 1.00 bits per heavy atom. The molecular weight excluding hydrogens is 292 g/mol. The minimum atomic E-state index is -0.540. The number of carbonyl (C=O) groups excluding carboxylic acids is 2. The van der Waals surface area contributed by atoms with Crippen LogP contribution in [-0.4, -0.2) is 11.8 Å². The largest absolute Gasteiger partial charge is 0.438 e. The lowest BCUT2D eigenvalue weighted by Crippen LogP contribution is -2.32. The van der Waals surface area contributed by atoms with Gasteiger partial charge in [-0.25, -0.2) is 4.99 Å². The molecule has 5 nitrogen and oxygen atoms in total. The van der Waals surface area contributed by atoms with Gasteiger partial charge >= 0.3 is 0 Å². The summed E-state index contributed by atoms with van der Waals surface area (Å²) in [5.41, 5.74) is 1.64. The van der Waals surface area contributed by atoms with Crippen molar-refractivity contribution in [2.75, 3.05) is 0 Å². The third kappa shape index (κ3) is 3.35. The van der Waals surface area contributed by atoms with Crippen molar-refractivity contribution in [3.05, 3.63) is 71.8 Å². The summed E-state index contributed by atoms with van der Waals surface area (Å²) in [5.74, 6) is -0.976. The van der Waals surface area contributed by atoms with Crippen molar-refractivity contribution in [1.29, 1.82) is 0 Å². The molecule has 23 heavy (non-hydrogen) atoms. The summed E-state index contributed by atoms with van der Waals surface area (Å²) in [7, 11) is 0. The van der Waals surface area contributed by atoms with Crippen molar-refractivity contribution < 1.29 is 14.0 Å². The molecule has 0 atom stereocenters. The Balaban J connectivity index is 2.23. The predicted molar refractivity (Wildman–Crippen MR) is 86.0 cm³/mol. The van der Waals surface area contributed by atoms with Gasteiger partial charge in [0.05, 0.1) is 5.69 Å². The van der Waals surface area contributed by atoms with Crippen molar-refractivity contribution >= 4 is 28.5 Å². The van der Waals surface area contributed by atoms with Crippen LogP contribution in [0.3, 0.4) is 0 Å². The molecule has 0 aliphatic carbocycles. The zero-order valence-corrected chi connectivity index (χ0v) is 12.4. The van der Waals surface area contributed by atoms with Crippen LogP contribution in [0.15, 0.2) is 70.1 Å². The van der Waals surface area contributed by atoms with E-state index in [0.29, 0.717) is 11.3 Å². The Morgan fingerprint density at radius 2 is 1.70 bits per heavy atom. The van der Waals surface area contributed by atoms with E-state index in [-0.39, 0.29) is 11.1 Å². The summed E-state index contributed by atoms with van der Waals surface area (Å²) in [6.45, 7) is 1.28. The molecule has 0 unspecified atom stereocenters. The van der Waals surface area contributed by atoms with Gasteiger partial charge in [0.25, 0.3) is 5.91 Å². The molecule has 1 heterocycles. The molecule has 0 aliphatic rings. The third-order valence-corrected chi connectivity index (χ3v) is 3.18. The fraction of sp³-hybridized carbons (Fsp3) is 0.0556. The molecule has 0 bridgehead atoms. The Bertz CT molecular complexity index is 943. The Labute approximate surface area is 132 Å². The van der Waals surface area contributed by atoms with E-state index in [1.54, 1.807) is 24.3 Å². The molecule has 114 valence electrons. The average Bonchev–Trinajstić information content (AvgIpc) is 2.54. The number of nitrogens with one attached hydrogen (secondary N) is 1. The molecule has 0 spiro atoms. The van der Waals surface area contributed by atoms with Gasteiger partial charge in [-0.3, -0.25) is 14.9 Å². The van der Waals surface area contributed by atoms with Crippen molar-refractivity contribution in [3.8, 4) is 0 Å². The number of hydrogen-bond donors (Lipinski definition) is 1. The van der Waals surface area contributed by atoms with Gasteiger partial charge in [0, 0.05) is 12.3 Å². The Morgan fingerprint density at radius 3 is 2.43 bits per heavy atom. The summed E-state index contributed by atoms with van der Waals surface area (Å²) in [5, 5.41) is 3.01. The molecule has 0 saturated heterocycles. The summed E-state index contributed by atoms with van der Waals surface area (Å²) in [6.07, 6.45) is 0. The van der Waals surface area contributed by atoms with E-state index in [2.05, 4.69) is 10.3 Å². The molecular formula is C18H14N2O3. The Hall–Kier alpha value is -3.21. The van der Waals surface area contributed by atoms with Crippen LogP contribution in [-0.2, 0) is 4.79 Å². The summed E-state index contributed by atoms with van der Waals surface area (Å²) in [6, 6.07) is 18.1. The number of benzene rings is 2. The highest BCUT2D eigenvalue weighted by Crippen LogP contribution is 2.14. The van der Waals surface area contributed by atoms with E-state index in [0.717, 1.165) is 5.39 Å². The summed E-state index contributed by atoms with van der Waals surface area (Å²) in [4.78, 5) is 27.8. The zero-order chi connectivity index (χ0) is 16.2. The van der Waals surface area contributed by atoms with E-state index in [9.17, 15) is 9.59 Å². The topological polar surface area (TPSA) is 71.7 Å². The highest BCUT2D eigenvalue weighted by Gasteiger charge is 2.13. The van der Waals surface area contributed by atoms with E-state index in [1.807, 2.05) is 36.4 Å². The molecule has 0 aliphatic heterocycles. The van der Waals surface area contributed by atoms with Crippen LogP contribution in [0, 0.1) is 0 Å². The van der Waals surface area contributed by atoms with Gasteiger partial charge in [0.2, 0.25) is 11.5 Å². The fourth-order valence-corrected chi connectivity index (χ4v) is 2.16. The number of nitrogens with zero attached hydrogens (tertiary/aromatic N) is 1. The third-order valence-electron chi connectivity index (χ3n) is 3.18. The maximum Gasteiger partial charge on any atom is 0.263 e. The number of carbonyl (C=O) groups is 2. The molecule has 5 heteroatoms. The van der Waals surface area contributed by atoms with E-state index < -0.39 is 11.8 Å². The molecule has 0 saturated carbocycles. The zero-order valence-electron chi connectivity index (χ0n) is 12.4. The first-order valence-electron chi connectivity index (χ1n) is 7.08. The summed E-state index contributed by atoms with van der Waals surface area (Å²) < 4.78 is 5.76. The van der Waals surface area contributed by atoms with Crippen molar-refractivity contribution in [2.45, 2.75) is 6.92 Å². The molecule has 0 fully saturated rings. The van der Waals surface area contributed by atoms with Gasteiger partial charge in [-0.1, -0.05) is 36.4 Å². The second kappa shape index (κ2) is 6.27. The number of imide groups is 1. The van der Waals surface area contributed by atoms with Crippen LogP contribution >= 0.6 is 0 Å². The van der Waals surface area contributed by atoms with Gasteiger partial charge in [-0.05, 0) is 24.3 Å². The lowest BCUT2D eigenvalue weighted by molar-refractivity contribution is -0.118. The van der Waals surface area contributed by atoms with Gasteiger partial charge < -0.3 is 4.42 Å². The van der Waals surface area contributed by atoms with Crippen LogP contribution in [0.4, 0.5) is 5.69 Å². The first kappa shape index (κ1) is 14.7. The monoisotopic (exact) mass is 306 g/mol. The molecule has 3 aromatic rings. The SMILES string of the molecule is CC(=O)NC(=O)c1cc2ccccc2oc1=Nc1ccccc1. The molecule has 1 N–H and O–H groups in total. The number of para-hydroxylation sites is 2. The lowest BCUT2D eigenvalue weighted by Gasteiger charge is -2.04. The maximum atomic E-state index is 12.3. The lowest BCUT2D eigenvalue weighted by atomic mass is 10.1. The van der Waals surface area contributed by atoms with E-state index in [4.69, 9.17) is 4.42 Å². The molecule has 2 amide bonds. The molecule has 1 aromatic heterocycles. The van der Waals surface area contributed by atoms with Crippen molar-refractivity contribution in [2.24, 2.45) is 4.99 Å². The molecule has 2 aromatic carbocycles.